The summed E-state index contributed by atoms with van der Waals surface area (Å²) < 4.78 is 20.3. The topological polar surface area (TPSA) is 88.1 Å². The highest BCUT2D eigenvalue weighted by atomic mass is 16.5. The van der Waals surface area contributed by atoms with E-state index in [4.69, 9.17) is 14.2 Å². The number of methoxy groups -OCH3 is 3. The number of carbonyl (C=O) groups is 3. The Morgan fingerprint density at radius 3 is 2.16 bits per heavy atom. The molecule has 1 aromatic rings. The Morgan fingerprint density at radius 1 is 0.960 bits per heavy atom. The maximum atomic E-state index is 12.2. The monoisotopic (exact) mass is 346 g/mol. The van der Waals surface area contributed by atoms with Gasteiger partial charge in [0.15, 0.2) is 17.3 Å². The lowest BCUT2D eigenvalue weighted by Gasteiger charge is -2.21. The lowest BCUT2D eigenvalue weighted by Crippen LogP contribution is -2.20. The van der Waals surface area contributed by atoms with Gasteiger partial charge in [-0.05, 0) is 17.7 Å². The van der Waals surface area contributed by atoms with E-state index in [1.54, 1.807) is 24.3 Å². The molecular formula is C18H18O7. The van der Waals surface area contributed by atoms with Gasteiger partial charge in [-0.1, -0.05) is 12.1 Å². The highest BCUT2D eigenvalue weighted by Gasteiger charge is 2.28. The molecule has 7 nitrogen and oxygen atoms in total. The van der Waals surface area contributed by atoms with Crippen LogP contribution >= 0.6 is 0 Å². The average molecular weight is 346 g/mol. The van der Waals surface area contributed by atoms with Crippen LogP contribution in [0.3, 0.4) is 0 Å². The lowest BCUT2D eigenvalue weighted by atomic mass is 10.0. The van der Waals surface area contributed by atoms with Crippen LogP contribution in [0, 0.1) is 0 Å². The van der Waals surface area contributed by atoms with Gasteiger partial charge in [0, 0.05) is 12.2 Å². The van der Waals surface area contributed by atoms with Crippen molar-refractivity contribution < 1.29 is 33.3 Å². The van der Waals surface area contributed by atoms with Crippen molar-refractivity contribution >= 4 is 17.5 Å². The van der Waals surface area contributed by atoms with Gasteiger partial charge in [0.25, 0.3) is 5.78 Å². The summed E-state index contributed by atoms with van der Waals surface area (Å²) in [4.78, 5) is 35.6. The van der Waals surface area contributed by atoms with Gasteiger partial charge in [0.2, 0.25) is 0 Å². The van der Waals surface area contributed by atoms with E-state index in [9.17, 15) is 14.4 Å². The summed E-state index contributed by atoms with van der Waals surface area (Å²) in [5.74, 6) is -1.18. The Labute approximate surface area is 144 Å². The molecule has 1 atom stereocenters. The Hall–Kier alpha value is -3.09. The Morgan fingerprint density at radius 2 is 1.60 bits per heavy atom. The molecule has 0 bridgehead atoms. The molecule has 1 unspecified atom stereocenters. The van der Waals surface area contributed by atoms with E-state index in [2.05, 4.69) is 4.74 Å². The second-order valence-electron chi connectivity index (χ2n) is 5.11. The van der Waals surface area contributed by atoms with Gasteiger partial charge >= 0.3 is 5.97 Å². The lowest BCUT2D eigenvalue weighted by molar-refractivity contribution is -0.143. The Bertz CT molecular complexity index is 728. The molecular weight excluding hydrogens is 328 g/mol. The normalized spacial score (nSPS) is 15.0. The summed E-state index contributed by atoms with van der Waals surface area (Å²) in [5, 5.41) is 0. The molecule has 0 fully saturated rings. The number of Topliss-reactive ketones (excluding diaryl/α,β-unsaturated/α-hetero) is 1. The van der Waals surface area contributed by atoms with E-state index in [-0.39, 0.29) is 17.9 Å². The van der Waals surface area contributed by atoms with Gasteiger partial charge in [-0.25, -0.2) is 0 Å². The van der Waals surface area contributed by atoms with Crippen LogP contribution in [-0.2, 0) is 28.6 Å². The van der Waals surface area contributed by atoms with Crippen molar-refractivity contribution in [2.45, 2.75) is 12.5 Å². The number of benzene rings is 1. The molecule has 0 radical (unpaired) electrons. The van der Waals surface area contributed by atoms with Crippen molar-refractivity contribution in [1.29, 1.82) is 0 Å². The average Bonchev–Trinajstić information content (AvgIpc) is 2.63. The maximum Gasteiger partial charge on any atom is 0.309 e. The Balaban J connectivity index is 2.28. The molecule has 1 aliphatic carbocycles. The van der Waals surface area contributed by atoms with Gasteiger partial charge < -0.3 is 18.9 Å². The molecule has 7 heteroatoms. The van der Waals surface area contributed by atoms with Crippen LogP contribution in [0.4, 0.5) is 0 Å². The van der Waals surface area contributed by atoms with Gasteiger partial charge in [-0.2, -0.15) is 0 Å². The molecule has 1 aliphatic rings. The Kier molecular flexibility index (Phi) is 5.94. The predicted molar refractivity (Wildman–Crippen MR) is 86.6 cm³/mol. The zero-order chi connectivity index (χ0) is 18.4. The van der Waals surface area contributed by atoms with Crippen LogP contribution in [0.2, 0.25) is 0 Å². The molecule has 132 valence electrons. The van der Waals surface area contributed by atoms with Crippen LogP contribution in [0.1, 0.15) is 18.1 Å². The second-order valence-corrected chi connectivity index (χ2v) is 5.11. The molecule has 0 spiro atoms. The van der Waals surface area contributed by atoms with Crippen molar-refractivity contribution in [3.05, 3.63) is 53.5 Å². The first-order valence-electron chi connectivity index (χ1n) is 7.42. The van der Waals surface area contributed by atoms with E-state index in [1.807, 2.05) is 0 Å². The fourth-order valence-electron chi connectivity index (χ4n) is 2.23. The molecule has 25 heavy (non-hydrogen) atoms. The van der Waals surface area contributed by atoms with Crippen LogP contribution in [-0.4, -0.2) is 38.9 Å². The minimum Gasteiger partial charge on any atom is -0.497 e. The molecule has 0 aromatic heterocycles. The third kappa shape index (κ3) is 4.47. The number of allylic oxidation sites excluding steroid dienone is 2. The smallest absolute Gasteiger partial charge is 0.309 e. The molecule has 0 aliphatic heterocycles. The number of rotatable bonds is 7. The number of ether oxygens (including phenoxy) is 4. The van der Waals surface area contributed by atoms with Crippen molar-refractivity contribution in [2.75, 3.05) is 21.3 Å². The number of hydrogen-bond acceptors (Lipinski definition) is 7. The van der Waals surface area contributed by atoms with Crippen LogP contribution in [0.5, 0.6) is 5.75 Å². The van der Waals surface area contributed by atoms with Crippen molar-refractivity contribution in [3.8, 4) is 5.75 Å². The third-order valence-electron chi connectivity index (χ3n) is 3.55. The first kappa shape index (κ1) is 18.3. The van der Waals surface area contributed by atoms with Crippen molar-refractivity contribution in [1.82, 2.24) is 0 Å². The zero-order valence-electron chi connectivity index (χ0n) is 14.1. The highest BCUT2D eigenvalue weighted by Crippen LogP contribution is 2.28. The fourth-order valence-corrected chi connectivity index (χ4v) is 2.23. The van der Waals surface area contributed by atoms with E-state index < -0.39 is 23.6 Å². The first-order valence-corrected chi connectivity index (χ1v) is 7.42. The molecule has 0 N–H and O–H groups in total. The second kappa shape index (κ2) is 8.14. The molecule has 0 heterocycles. The summed E-state index contributed by atoms with van der Waals surface area (Å²) in [6, 6.07) is 6.81. The summed E-state index contributed by atoms with van der Waals surface area (Å²) in [7, 11) is 4.08. The van der Waals surface area contributed by atoms with E-state index in [1.165, 1.54) is 21.3 Å². The first-order chi connectivity index (χ1) is 12.0. The minimum atomic E-state index is -0.808. The number of ketones is 2. The predicted octanol–water partition coefficient (Wildman–Crippen LogP) is 1.88. The van der Waals surface area contributed by atoms with E-state index >= 15 is 0 Å². The van der Waals surface area contributed by atoms with E-state index in [0.717, 1.165) is 12.2 Å². The van der Waals surface area contributed by atoms with Gasteiger partial charge in [0.05, 0.1) is 27.8 Å². The maximum absolute atomic E-state index is 12.2. The van der Waals surface area contributed by atoms with Crippen LogP contribution < -0.4 is 4.74 Å². The molecule has 2 rings (SSSR count). The van der Waals surface area contributed by atoms with Crippen molar-refractivity contribution in [2.24, 2.45) is 0 Å². The van der Waals surface area contributed by atoms with Crippen LogP contribution in [0.15, 0.2) is 47.9 Å². The quantitative estimate of drug-likeness (QED) is 0.550. The van der Waals surface area contributed by atoms with Crippen molar-refractivity contribution in [3.63, 3.8) is 0 Å². The van der Waals surface area contributed by atoms with E-state index in [0.29, 0.717) is 11.3 Å². The highest BCUT2D eigenvalue weighted by molar-refractivity contribution is 6.18. The number of esters is 1. The summed E-state index contributed by atoms with van der Waals surface area (Å²) in [6.45, 7) is 0. The van der Waals surface area contributed by atoms with Gasteiger partial charge in [0.1, 0.15) is 11.9 Å². The SMILES string of the molecule is COC(=O)CC(OC1=CC(=O)C=C(OC)C1=O)c1ccc(OC)cc1. The number of carbonyl (C=O) groups excluding carboxylic acids is 3. The zero-order valence-corrected chi connectivity index (χ0v) is 14.1. The molecule has 1 aromatic carbocycles. The van der Waals surface area contributed by atoms with Gasteiger partial charge in [-0.3, -0.25) is 14.4 Å². The largest absolute Gasteiger partial charge is 0.497 e. The molecule has 0 amide bonds. The third-order valence-corrected chi connectivity index (χ3v) is 3.55. The summed E-state index contributed by atoms with van der Waals surface area (Å²) in [5.41, 5.74) is 0.626. The standard InChI is InChI=1S/C18H18O7/c1-22-13-6-4-11(5-7-13)14(10-17(20)24-3)25-16-9-12(19)8-15(23-2)18(16)21/h4-9,14H,10H2,1-3H3. The molecule has 0 saturated heterocycles. The van der Waals surface area contributed by atoms with Gasteiger partial charge in [-0.15, -0.1) is 0 Å². The summed E-state index contributed by atoms with van der Waals surface area (Å²) >= 11 is 0. The summed E-state index contributed by atoms with van der Waals surface area (Å²) in [6.07, 6.45) is 1.21. The van der Waals surface area contributed by atoms with Crippen LogP contribution in [0.25, 0.3) is 0 Å². The number of hydrogen-bond donors (Lipinski definition) is 0. The molecule has 0 saturated carbocycles. The minimum absolute atomic E-state index is 0.117. The fraction of sp³-hybridized carbons (Fsp3) is 0.278.